The fourth-order valence-electron chi connectivity index (χ4n) is 4.03. The van der Waals surface area contributed by atoms with Crippen LogP contribution in [-0.4, -0.2) is 41.5 Å². The highest BCUT2D eigenvalue weighted by molar-refractivity contribution is 5.22. The second kappa shape index (κ2) is 6.50. The highest BCUT2D eigenvalue weighted by atomic mass is 15.3. The van der Waals surface area contributed by atoms with Crippen molar-refractivity contribution in [1.82, 2.24) is 9.80 Å². The van der Waals surface area contributed by atoms with Gasteiger partial charge in [0.25, 0.3) is 0 Å². The van der Waals surface area contributed by atoms with Crippen molar-refractivity contribution < 1.29 is 0 Å². The van der Waals surface area contributed by atoms with Gasteiger partial charge in [0.05, 0.1) is 0 Å². The second-order valence-electron chi connectivity index (χ2n) is 7.20. The molecule has 0 radical (unpaired) electrons. The van der Waals surface area contributed by atoms with Crippen molar-refractivity contribution in [1.29, 1.82) is 0 Å². The molecular formula is C19H30N2. The molecule has 0 amide bonds. The van der Waals surface area contributed by atoms with E-state index in [4.69, 9.17) is 0 Å². The summed E-state index contributed by atoms with van der Waals surface area (Å²) in [6.07, 6.45) is 3.93. The van der Waals surface area contributed by atoms with Crippen LogP contribution in [0.2, 0.25) is 0 Å². The van der Waals surface area contributed by atoms with Crippen molar-refractivity contribution in [3.63, 3.8) is 0 Å². The van der Waals surface area contributed by atoms with Gasteiger partial charge in [0.15, 0.2) is 0 Å². The van der Waals surface area contributed by atoms with E-state index in [9.17, 15) is 0 Å². The topological polar surface area (TPSA) is 6.48 Å². The first-order chi connectivity index (χ1) is 10.2. The van der Waals surface area contributed by atoms with E-state index < -0.39 is 0 Å². The van der Waals surface area contributed by atoms with Gasteiger partial charge in [-0.05, 0) is 42.9 Å². The summed E-state index contributed by atoms with van der Waals surface area (Å²) in [5.74, 6) is 0.737. The highest BCUT2D eigenvalue weighted by Crippen LogP contribution is 2.28. The third kappa shape index (κ3) is 3.32. The summed E-state index contributed by atoms with van der Waals surface area (Å²) in [6.45, 7) is 12.0. The van der Waals surface area contributed by atoms with Gasteiger partial charge in [0.1, 0.15) is 0 Å². The molecular weight excluding hydrogens is 256 g/mol. The SMILES string of the molecule is CCc1ccc(CN2CC3CCCN3CC2C(C)C)cc1. The van der Waals surface area contributed by atoms with Crippen molar-refractivity contribution in [3.05, 3.63) is 35.4 Å². The summed E-state index contributed by atoms with van der Waals surface area (Å²) >= 11 is 0. The Labute approximate surface area is 130 Å². The Balaban J connectivity index is 1.71. The molecule has 21 heavy (non-hydrogen) atoms. The Morgan fingerprint density at radius 2 is 1.81 bits per heavy atom. The molecule has 0 aromatic heterocycles. The van der Waals surface area contributed by atoms with Crippen molar-refractivity contribution in [2.75, 3.05) is 19.6 Å². The first-order valence-electron chi connectivity index (χ1n) is 8.73. The zero-order valence-corrected chi connectivity index (χ0v) is 13.9. The highest BCUT2D eigenvalue weighted by Gasteiger charge is 2.37. The largest absolute Gasteiger partial charge is 0.298 e. The summed E-state index contributed by atoms with van der Waals surface area (Å²) in [5, 5.41) is 0. The number of aryl methyl sites for hydroxylation is 1. The van der Waals surface area contributed by atoms with Crippen molar-refractivity contribution in [3.8, 4) is 0 Å². The molecule has 0 saturated carbocycles. The lowest BCUT2D eigenvalue weighted by Crippen LogP contribution is -2.57. The van der Waals surface area contributed by atoms with Gasteiger partial charge in [0, 0.05) is 31.7 Å². The van der Waals surface area contributed by atoms with Gasteiger partial charge in [-0.15, -0.1) is 0 Å². The molecule has 0 N–H and O–H groups in total. The van der Waals surface area contributed by atoms with Crippen LogP contribution in [-0.2, 0) is 13.0 Å². The van der Waals surface area contributed by atoms with Crippen molar-refractivity contribution in [2.24, 2.45) is 5.92 Å². The first-order valence-corrected chi connectivity index (χ1v) is 8.73. The molecule has 2 heteroatoms. The van der Waals surface area contributed by atoms with E-state index in [1.54, 1.807) is 0 Å². The van der Waals surface area contributed by atoms with Gasteiger partial charge in [-0.1, -0.05) is 45.0 Å². The minimum atomic E-state index is 0.713. The molecule has 2 unspecified atom stereocenters. The molecule has 2 saturated heterocycles. The number of benzene rings is 1. The predicted octanol–water partition coefficient (Wildman–Crippen LogP) is 3.55. The van der Waals surface area contributed by atoms with E-state index in [-0.39, 0.29) is 0 Å². The summed E-state index contributed by atoms with van der Waals surface area (Å²) in [4.78, 5) is 5.49. The molecule has 0 spiro atoms. The Kier molecular flexibility index (Phi) is 4.66. The van der Waals surface area contributed by atoms with E-state index in [2.05, 4.69) is 54.8 Å². The maximum Gasteiger partial charge on any atom is 0.0250 e. The lowest BCUT2D eigenvalue weighted by molar-refractivity contribution is 0.0239. The Morgan fingerprint density at radius 3 is 2.48 bits per heavy atom. The Hall–Kier alpha value is -0.860. The van der Waals surface area contributed by atoms with E-state index in [1.165, 1.54) is 43.6 Å². The summed E-state index contributed by atoms with van der Waals surface area (Å²) < 4.78 is 0. The van der Waals surface area contributed by atoms with Crippen LogP contribution in [0.1, 0.15) is 44.7 Å². The third-order valence-electron chi connectivity index (χ3n) is 5.42. The minimum absolute atomic E-state index is 0.713. The standard InChI is InChI=1S/C19H30N2/c1-4-16-7-9-17(10-8-16)12-21-13-18-6-5-11-20(18)14-19(21)15(2)3/h7-10,15,18-19H,4-6,11-14H2,1-3H3. The van der Waals surface area contributed by atoms with Gasteiger partial charge in [-0.2, -0.15) is 0 Å². The van der Waals surface area contributed by atoms with Crippen LogP contribution in [0.25, 0.3) is 0 Å². The first kappa shape index (κ1) is 15.1. The van der Waals surface area contributed by atoms with Gasteiger partial charge in [-0.3, -0.25) is 9.80 Å². The van der Waals surface area contributed by atoms with Gasteiger partial charge >= 0.3 is 0 Å². The van der Waals surface area contributed by atoms with Gasteiger partial charge in [0.2, 0.25) is 0 Å². The van der Waals surface area contributed by atoms with Crippen LogP contribution in [0, 0.1) is 5.92 Å². The number of hydrogen-bond acceptors (Lipinski definition) is 2. The molecule has 2 fully saturated rings. The maximum absolute atomic E-state index is 2.75. The van der Waals surface area contributed by atoms with Crippen LogP contribution in [0.3, 0.4) is 0 Å². The van der Waals surface area contributed by atoms with Crippen LogP contribution < -0.4 is 0 Å². The van der Waals surface area contributed by atoms with E-state index in [1.807, 2.05) is 0 Å². The third-order valence-corrected chi connectivity index (χ3v) is 5.42. The van der Waals surface area contributed by atoms with E-state index >= 15 is 0 Å². The summed E-state index contributed by atoms with van der Waals surface area (Å²) in [7, 11) is 0. The lowest BCUT2D eigenvalue weighted by atomic mass is 9.96. The van der Waals surface area contributed by atoms with Gasteiger partial charge < -0.3 is 0 Å². The Morgan fingerprint density at radius 1 is 1.10 bits per heavy atom. The monoisotopic (exact) mass is 286 g/mol. The van der Waals surface area contributed by atoms with Gasteiger partial charge in [-0.25, -0.2) is 0 Å². The summed E-state index contributed by atoms with van der Waals surface area (Å²) in [5.41, 5.74) is 2.92. The average molecular weight is 286 g/mol. The smallest absolute Gasteiger partial charge is 0.0250 e. The van der Waals surface area contributed by atoms with Crippen LogP contribution >= 0.6 is 0 Å². The van der Waals surface area contributed by atoms with E-state index in [0.29, 0.717) is 6.04 Å². The number of rotatable bonds is 4. The van der Waals surface area contributed by atoms with Crippen LogP contribution in [0.15, 0.2) is 24.3 Å². The quantitative estimate of drug-likeness (QED) is 0.835. The minimum Gasteiger partial charge on any atom is -0.298 e. The number of hydrogen-bond donors (Lipinski definition) is 0. The second-order valence-corrected chi connectivity index (χ2v) is 7.20. The molecule has 1 aromatic carbocycles. The van der Waals surface area contributed by atoms with Crippen LogP contribution in [0.4, 0.5) is 0 Å². The molecule has 3 rings (SSSR count). The molecule has 2 aliphatic heterocycles. The zero-order valence-electron chi connectivity index (χ0n) is 13.9. The van der Waals surface area contributed by atoms with Crippen LogP contribution in [0.5, 0.6) is 0 Å². The molecule has 1 aromatic rings. The number of piperazine rings is 1. The number of fused-ring (bicyclic) bond motifs is 1. The molecule has 116 valence electrons. The van der Waals surface area contributed by atoms with E-state index in [0.717, 1.165) is 24.9 Å². The lowest BCUT2D eigenvalue weighted by Gasteiger charge is -2.45. The Bertz CT molecular complexity index is 451. The average Bonchev–Trinajstić information content (AvgIpc) is 2.94. The maximum atomic E-state index is 2.75. The molecule has 0 aliphatic carbocycles. The molecule has 2 nitrogen and oxygen atoms in total. The molecule has 2 atom stereocenters. The van der Waals surface area contributed by atoms with Crippen molar-refractivity contribution >= 4 is 0 Å². The normalized spacial score (nSPS) is 27.2. The molecule has 2 aliphatic rings. The molecule has 0 bridgehead atoms. The number of nitrogens with zero attached hydrogens (tertiary/aromatic N) is 2. The molecule has 2 heterocycles. The fourth-order valence-corrected chi connectivity index (χ4v) is 4.03. The zero-order chi connectivity index (χ0) is 14.8. The predicted molar refractivity (Wildman–Crippen MR) is 89.5 cm³/mol. The van der Waals surface area contributed by atoms with Crippen molar-refractivity contribution in [2.45, 2.75) is 58.7 Å². The summed E-state index contributed by atoms with van der Waals surface area (Å²) in [6, 6.07) is 10.8. The fraction of sp³-hybridized carbons (Fsp3) is 0.684.